The molecule has 8 nitrogen and oxygen atoms in total. The number of sulfone groups is 1. The van der Waals surface area contributed by atoms with Gasteiger partial charge < -0.3 is 5.32 Å². The minimum Gasteiger partial charge on any atom is -0.301 e. The Morgan fingerprint density at radius 1 is 1.23 bits per heavy atom. The van der Waals surface area contributed by atoms with Crippen molar-refractivity contribution in [3.8, 4) is 0 Å². The van der Waals surface area contributed by atoms with Gasteiger partial charge in [-0.2, -0.15) is 4.31 Å². The molecule has 2 aromatic rings. The molecule has 1 aromatic heterocycles. The number of aromatic nitrogens is 1. The highest BCUT2D eigenvalue weighted by molar-refractivity contribution is 7.90. The summed E-state index contributed by atoms with van der Waals surface area (Å²) in [5.41, 5.74) is 0.571. The van der Waals surface area contributed by atoms with E-state index < -0.39 is 31.8 Å². The molecule has 1 aliphatic rings. The Morgan fingerprint density at radius 2 is 1.96 bits per heavy atom. The molecule has 1 fully saturated rings. The van der Waals surface area contributed by atoms with Crippen molar-refractivity contribution in [2.24, 2.45) is 0 Å². The predicted octanol–water partition coefficient (Wildman–Crippen LogP) is 1.45. The first-order chi connectivity index (χ1) is 12.1. The quantitative estimate of drug-likeness (QED) is 0.805. The number of fused-ring (bicyclic) bond motifs is 1. The highest BCUT2D eigenvalue weighted by Crippen LogP contribution is 2.29. The smallest absolute Gasteiger partial charge is 0.244 e. The fourth-order valence-electron chi connectivity index (χ4n) is 2.94. The summed E-state index contributed by atoms with van der Waals surface area (Å²) >= 11 is 1.15. The van der Waals surface area contributed by atoms with E-state index >= 15 is 0 Å². The lowest BCUT2D eigenvalue weighted by molar-refractivity contribution is -0.120. The zero-order chi connectivity index (χ0) is 19.1. The molecule has 0 saturated carbocycles. The molecule has 1 unspecified atom stereocenters. The van der Waals surface area contributed by atoms with E-state index in [9.17, 15) is 21.6 Å². The molecule has 1 amide bonds. The third-order valence-electron chi connectivity index (χ3n) is 4.20. The van der Waals surface area contributed by atoms with E-state index in [1.54, 1.807) is 6.07 Å². The van der Waals surface area contributed by atoms with Crippen LogP contribution in [0.15, 0.2) is 23.1 Å². The summed E-state index contributed by atoms with van der Waals surface area (Å²) in [5, 5.41) is 2.99. The minimum absolute atomic E-state index is 0.182. The molecule has 1 N–H and O–H groups in total. The highest BCUT2D eigenvalue weighted by atomic mass is 32.2. The molecule has 1 aromatic carbocycles. The zero-order valence-corrected chi connectivity index (χ0v) is 16.7. The number of carbonyl (C=O) groups excluding carboxylic acids is 1. The molecule has 1 aliphatic heterocycles. The molecule has 0 aliphatic carbocycles. The van der Waals surface area contributed by atoms with E-state index in [0.29, 0.717) is 28.3 Å². The Bertz CT molecular complexity index is 1060. The van der Waals surface area contributed by atoms with Crippen LogP contribution in [-0.4, -0.2) is 57.1 Å². The summed E-state index contributed by atoms with van der Waals surface area (Å²) in [4.78, 5) is 17.0. The predicted molar refractivity (Wildman–Crippen MR) is 101 cm³/mol. The average molecular weight is 418 g/mol. The number of benzene rings is 1. The van der Waals surface area contributed by atoms with Crippen molar-refractivity contribution in [3.63, 3.8) is 0 Å². The van der Waals surface area contributed by atoms with Gasteiger partial charge in [0.2, 0.25) is 15.9 Å². The van der Waals surface area contributed by atoms with Gasteiger partial charge in [-0.25, -0.2) is 21.8 Å². The first kappa shape index (κ1) is 19.2. The van der Waals surface area contributed by atoms with Crippen LogP contribution < -0.4 is 5.32 Å². The first-order valence-corrected chi connectivity index (χ1v) is 12.5. The van der Waals surface area contributed by atoms with Crippen LogP contribution in [0.5, 0.6) is 0 Å². The Morgan fingerprint density at radius 3 is 2.62 bits per heavy atom. The summed E-state index contributed by atoms with van der Waals surface area (Å²) in [7, 11) is -6.80. The number of thiazole rings is 1. The monoisotopic (exact) mass is 417 g/mol. The van der Waals surface area contributed by atoms with Crippen LogP contribution in [0.2, 0.25) is 0 Å². The molecular formula is C15H19N3O5S3. The van der Waals surface area contributed by atoms with Crippen molar-refractivity contribution >= 4 is 52.5 Å². The summed E-state index contributed by atoms with van der Waals surface area (Å²) in [5.74, 6) is -0.419. The summed E-state index contributed by atoms with van der Waals surface area (Å²) in [6.45, 7) is 0.328. The SMILES string of the molecule is CS(=O)(=O)c1ccc2nc(NC(=O)C3CCCCN3S(C)(=O)=O)sc2c1. The van der Waals surface area contributed by atoms with Gasteiger partial charge in [-0.15, -0.1) is 0 Å². The molecule has 142 valence electrons. The Kier molecular flexibility index (Phi) is 5.08. The van der Waals surface area contributed by atoms with Gasteiger partial charge in [0, 0.05) is 12.8 Å². The molecule has 0 bridgehead atoms. The van der Waals surface area contributed by atoms with Crippen LogP contribution in [0.3, 0.4) is 0 Å². The summed E-state index contributed by atoms with van der Waals surface area (Å²) in [6, 6.07) is 3.82. The Hall–Kier alpha value is -1.56. The number of anilines is 1. The average Bonchev–Trinajstić information content (AvgIpc) is 2.94. The van der Waals surface area contributed by atoms with Gasteiger partial charge in [-0.3, -0.25) is 4.79 Å². The number of amides is 1. The molecule has 11 heteroatoms. The van der Waals surface area contributed by atoms with Gasteiger partial charge in [0.25, 0.3) is 0 Å². The molecule has 0 spiro atoms. The highest BCUT2D eigenvalue weighted by Gasteiger charge is 2.34. The lowest BCUT2D eigenvalue weighted by Crippen LogP contribution is -2.49. The number of piperidine rings is 1. The lowest BCUT2D eigenvalue weighted by atomic mass is 10.0. The van der Waals surface area contributed by atoms with Gasteiger partial charge in [0.1, 0.15) is 6.04 Å². The van der Waals surface area contributed by atoms with Crippen LogP contribution in [0.1, 0.15) is 19.3 Å². The molecule has 0 radical (unpaired) electrons. The van der Waals surface area contributed by atoms with Crippen molar-refractivity contribution in [1.29, 1.82) is 0 Å². The number of nitrogens with one attached hydrogen (secondary N) is 1. The Balaban J connectivity index is 1.85. The second kappa shape index (κ2) is 6.87. The third kappa shape index (κ3) is 4.05. The fraction of sp³-hybridized carbons (Fsp3) is 0.467. The maximum absolute atomic E-state index is 12.6. The maximum Gasteiger partial charge on any atom is 0.244 e. The fourth-order valence-corrected chi connectivity index (χ4v) is 5.70. The van der Waals surface area contributed by atoms with Crippen LogP contribution in [0.4, 0.5) is 5.13 Å². The van der Waals surface area contributed by atoms with E-state index in [0.717, 1.165) is 36.7 Å². The van der Waals surface area contributed by atoms with Crippen LogP contribution in [-0.2, 0) is 24.7 Å². The number of nitrogens with zero attached hydrogens (tertiary/aromatic N) is 2. The van der Waals surface area contributed by atoms with E-state index in [1.165, 1.54) is 16.4 Å². The number of hydrogen-bond acceptors (Lipinski definition) is 7. The summed E-state index contributed by atoms with van der Waals surface area (Å²) < 4.78 is 49.0. The topological polar surface area (TPSA) is 114 Å². The van der Waals surface area contributed by atoms with Crippen LogP contribution in [0.25, 0.3) is 10.2 Å². The van der Waals surface area contributed by atoms with Crippen LogP contribution in [0, 0.1) is 0 Å². The molecule has 3 rings (SSSR count). The zero-order valence-electron chi connectivity index (χ0n) is 14.3. The largest absolute Gasteiger partial charge is 0.301 e. The standard InChI is InChI=1S/C15H19N3O5S3/c1-25(20,21)10-6-7-11-13(9-10)24-15(16-11)17-14(19)12-5-3-4-8-18(12)26(2,22)23/h6-7,9,12H,3-5,8H2,1-2H3,(H,16,17,19). The van der Waals surface area contributed by atoms with E-state index in [1.807, 2.05) is 0 Å². The van der Waals surface area contributed by atoms with E-state index in [-0.39, 0.29) is 4.90 Å². The molecular weight excluding hydrogens is 398 g/mol. The lowest BCUT2D eigenvalue weighted by Gasteiger charge is -2.32. The molecule has 26 heavy (non-hydrogen) atoms. The van der Waals surface area contributed by atoms with Gasteiger partial charge in [-0.1, -0.05) is 17.8 Å². The van der Waals surface area contributed by atoms with Crippen molar-refractivity contribution in [3.05, 3.63) is 18.2 Å². The van der Waals surface area contributed by atoms with E-state index in [4.69, 9.17) is 0 Å². The van der Waals surface area contributed by atoms with Crippen molar-refractivity contribution < 1.29 is 21.6 Å². The van der Waals surface area contributed by atoms with Crippen molar-refractivity contribution in [1.82, 2.24) is 9.29 Å². The van der Waals surface area contributed by atoms with Gasteiger partial charge in [0.05, 0.1) is 21.4 Å². The van der Waals surface area contributed by atoms with Gasteiger partial charge in [-0.05, 0) is 31.0 Å². The van der Waals surface area contributed by atoms with Crippen molar-refractivity contribution in [2.45, 2.75) is 30.2 Å². The maximum atomic E-state index is 12.6. The normalized spacial score (nSPS) is 19.5. The van der Waals surface area contributed by atoms with Gasteiger partial charge in [0.15, 0.2) is 15.0 Å². The summed E-state index contributed by atoms with van der Waals surface area (Å²) in [6.07, 6.45) is 4.19. The second-order valence-corrected chi connectivity index (χ2v) is 11.3. The number of sulfonamides is 1. The number of rotatable bonds is 4. The second-order valence-electron chi connectivity index (χ2n) is 6.30. The van der Waals surface area contributed by atoms with Crippen LogP contribution >= 0.6 is 11.3 Å². The molecule has 2 heterocycles. The number of carbonyl (C=O) groups is 1. The third-order valence-corrected chi connectivity index (χ3v) is 7.53. The van der Waals surface area contributed by atoms with E-state index in [2.05, 4.69) is 10.3 Å². The molecule has 1 saturated heterocycles. The first-order valence-electron chi connectivity index (χ1n) is 7.94. The van der Waals surface area contributed by atoms with Gasteiger partial charge >= 0.3 is 0 Å². The Labute approximate surface area is 156 Å². The molecule has 1 atom stereocenters. The number of hydrogen-bond donors (Lipinski definition) is 1. The minimum atomic E-state index is -3.47. The van der Waals surface area contributed by atoms with Crippen molar-refractivity contribution in [2.75, 3.05) is 24.4 Å².